The Balaban J connectivity index is 1.08. The van der Waals surface area contributed by atoms with Gasteiger partial charge >= 0.3 is 8.80 Å². The summed E-state index contributed by atoms with van der Waals surface area (Å²) in [6.45, 7) is 8.54. The first kappa shape index (κ1) is 45.9. The van der Waals surface area contributed by atoms with Gasteiger partial charge < -0.3 is 47.6 Å². The van der Waals surface area contributed by atoms with Crippen molar-refractivity contribution in [2.45, 2.75) is 147 Å². The highest BCUT2D eigenvalue weighted by molar-refractivity contribution is 6.60. The fraction of sp³-hybridized carbons (Fsp3) is 0.833. The molecule has 0 aromatic carbocycles. The molecule has 0 aromatic heterocycles. The van der Waals surface area contributed by atoms with E-state index in [0.717, 1.165) is 6.42 Å². The molecule has 7 amide bonds. The van der Waals surface area contributed by atoms with E-state index in [9.17, 15) is 33.6 Å². The number of hydrogen-bond acceptors (Lipinski definition) is 10. The van der Waals surface area contributed by atoms with Crippen LogP contribution in [-0.4, -0.2) is 195 Å². The maximum atomic E-state index is 14.4. The molecule has 0 aliphatic carbocycles. The van der Waals surface area contributed by atoms with Crippen LogP contribution in [0, 0.1) is 5.41 Å². The second kappa shape index (κ2) is 19.2. The highest BCUT2D eigenvalue weighted by Crippen LogP contribution is 2.34. The third kappa shape index (κ3) is 9.12. The van der Waals surface area contributed by atoms with Crippen LogP contribution in [0.5, 0.6) is 0 Å². The second-order valence-electron chi connectivity index (χ2n) is 18.5. The van der Waals surface area contributed by atoms with E-state index in [1.54, 1.807) is 62.7 Å². The van der Waals surface area contributed by atoms with Crippen LogP contribution < -0.4 is 0 Å². The van der Waals surface area contributed by atoms with Crippen LogP contribution >= 0.6 is 0 Å². The van der Waals surface area contributed by atoms with Crippen molar-refractivity contribution in [2.75, 3.05) is 74.2 Å². The first-order valence-electron chi connectivity index (χ1n) is 22.3. The molecule has 0 bridgehead atoms. The summed E-state index contributed by atoms with van der Waals surface area (Å²) in [6, 6.07) is -3.56. The van der Waals surface area contributed by atoms with Gasteiger partial charge in [-0.2, -0.15) is 0 Å². The molecular weight excluding hydrogens is 791 g/mol. The van der Waals surface area contributed by atoms with Crippen LogP contribution in [0.3, 0.4) is 0 Å². The van der Waals surface area contributed by atoms with Crippen molar-refractivity contribution in [3.63, 3.8) is 0 Å². The summed E-state index contributed by atoms with van der Waals surface area (Å²) in [7, 11) is 3.62. The van der Waals surface area contributed by atoms with E-state index in [1.165, 1.54) is 0 Å². The third-order valence-electron chi connectivity index (χ3n) is 13.8. The second-order valence-corrected chi connectivity index (χ2v) is 21.6. The lowest BCUT2D eigenvalue weighted by Crippen LogP contribution is -2.58. The van der Waals surface area contributed by atoms with Crippen molar-refractivity contribution in [3.8, 4) is 0 Å². The van der Waals surface area contributed by atoms with E-state index < -0.39 is 50.5 Å². The summed E-state index contributed by atoms with van der Waals surface area (Å²) in [6.07, 6.45) is 7.63. The molecule has 0 unspecified atom stereocenters. The number of carbonyl (C=O) groups excluding carboxylic acids is 7. The predicted molar refractivity (Wildman–Crippen MR) is 222 cm³/mol. The van der Waals surface area contributed by atoms with Crippen molar-refractivity contribution in [1.82, 2.24) is 34.3 Å². The Morgan fingerprint density at radius 2 is 0.783 bits per heavy atom. The molecular formula is C42H69N7O10Si. The van der Waals surface area contributed by atoms with E-state index in [4.69, 9.17) is 13.3 Å². The summed E-state index contributed by atoms with van der Waals surface area (Å²) >= 11 is 0. The van der Waals surface area contributed by atoms with E-state index in [0.29, 0.717) is 129 Å². The zero-order valence-corrected chi connectivity index (χ0v) is 38.0. The number of likely N-dealkylation sites (tertiary alicyclic amines) is 6. The number of rotatable bonds is 13. The molecule has 0 radical (unpaired) electrons. The predicted octanol–water partition coefficient (Wildman–Crippen LogP) is 1.71. The zero-order chi connectivity index (χ0) is 43.5. The summed E-state index contributed by atoms with van der Waals surface area (Å²) in [5, 5.41) is 0. The zero-order valence-electron chi connectivity index (χ0n) is 37.0. The van der Waals surface area contributed by atoms with Gasteiger partial charge in [0, 0.05) is 85.6 Å². The van der Waals surface area contributed by atoms with Gasteiger partial charge in [0.2, 0.25) is 41.4 Å². The van der Waals surface area contributed by atoms with Gasteiger partial charge in [-0.05, 0) is 83.5 Å². The van der Waals surface area contributed by atoms with Crippen LogP contribution in [-0.2, 0) is 46.8 Å². The van der Waals surface area contributed by atoms with Gasteiger partial charge in [-0.3, -0.25) is 33.6 Å². The molecule has 6 fully saturated rings. The summed E-state index contributed by atoms with van der Waals surface area (Å²) in [5.74, 6) is -1.39. The molecule has 336 valence electrons. The number of amides is 7. The van der Waals surface area contributed by atoms with Gasteiger partial charge in [0.15, 0.2) is 0 Å². The molecule has 0 spiro atoms. The highest BCUT2D eigenvalue weighted by atomic mass is 28.4. The maximum absolute atomic E-state index is 14.4. The largest absolute Gasteiger partial charge is 0.500 e. The van der Waals surface area contributed by atoms with Crippen molar-refractivity contribution < 1.29 is 46.8 Å². The van der Waals surface area contributed by atoms with E-state index in [1.807, 2.05) is 20.8 Å². The third-order valence-corrected chi connectivity index (χ3v) is 16.7. The molecule has 6 aliphatic heterocycles. The highest BCUT2D eigenvalue weighted by Gasteiger charge is 2.50. The minimum absolute atomic E-state index is 0.0720. The smallest absolute Gasteiger partial charge is 0.377 e. The molecule has 0 N–H and O–H groups in total. The molecule has 6 rings (SSSR count). The molecule has 0 saturated carbocycles. The lowest BCUT2D eigenvalue weighted by molar-refractivity contribution is -0.155. The van der Waals surface area contributed by atoms with Gasteiger partial charge in [-0.25, -0.2) is 0 Å². The fourth-order valence-electron chi connectivity index (χ4n) is 10.5. The Bertz CT molecular complexity index is 1630. The lowest BCUT2D eigenvalue weighted by Gasteiger charge is -2.37. The molecule has 17 nitrogen and oxygen atoms in total. The number of hydrogen-bond donors (Lipinski definition) is 0. The van der Waals surface area contributed by atoms with Crippen LogP contribution in [0.1, 0.15) is 104 Å². The standard InChI is InChI=1S/C42H69N7O10Si/c1-42(2,3)41(56)49-27-13-20-34(49)40(55)48-26-12-19-33(48)39(54)47-25-11-18-32(47)38(53)46-24-10-17-31(46)37(52)45-23-9-16-30(45)36(51)44-22-8-15-29(44)35(50)43(4)21-14-28-60(57-5,58-6)59-7/h29-34H,8-28H2,1-7H3/t29-,30-,31-,32-,33-,34-/m0/s1. The topological polar surface area (TPSA) is 170 Å². The lowest BCUT2D eigenvalue weighted by atomic mass is 9.94. The molecule has 6 aliphatic rings. The van der Waals surface area contributed by atoms with Crippen molar-refractivity contribution in [3.05, 3.63) is 0 Å². The van der Waals surface area contributed by atoms with Crippen molar-refractivity contribution >= 4 is 50.2 Å². The van der Waals surface area contributed by atoms with Gasteiger partial charge in [-0.1, -0.05) is 20.8 Å². The fourth-order valence-corrected chi connectivity index (χ4v) is 12.2. The average Bonchev–Trinajstić information content (AvgIpc) is 4.09. The summed E-state index contributed by atoms with van der Waals surface area (Å²) in [4.78, 5) is 110. The van der Waals surface area contributed by atoms with Crippen LogP contribution in [0.4, 0.5) is 0 Å². The minimum atomic E-state index is -2.79. The Kier molecular flexibility index (Phi) is 14.7. The van der Waals surface area contributed by atoms with Gasteiger partial charge in [-0.15, -0.1) is 0 Å². The van der Waals surface area contributed by atoms with Crippen molar-refractivity contribution in [1.29, 1.82) is 0 Å². The van der Waals surface area contributed by atoms with Crippen LogP contribution in [0.25, 0.3) is 0 Å². The number of likely N-dealkylation sites (N-methyl/N-ethyl adjacent to an activating group) is 1. The molecule has 60 heavy (non-hydrogen) atoms. The molecule has 6 heterocycles. The Morgan fingerprint density at radius 1 is 0.500 bits per heavy atom. The molecule has 0 aromatic rings. The first-order valence-corrected chi connectivity index (χ1v) is 24.3. The number of nitrogens with zero attached hydrogens (tertiary/aromatic N) is 7. The van der Waals surface area contributed by atoms with Gasteiger partial charge in [0.1, 0.15) is 36.3 Å². The van der Waals surface area contributed by atoms with E-state index in [-0.39, 0.29) is 41.4 Å². The first-order chi connectivity index (χ1) is 28.6. The Hall–Kier alpha value is -3.61. The summed E-state index contributed by atoms with van der Waals surface area (Å²) in [5.41, 5.74) is -0.628. The maximum Gasteiger partial charge on any atom is 0.500 e. The van der Waals surface area contributed by atoms with Gasteiger partial charge in [0.05, 0.1) is 0 Å². The van der Waals surface area contributed by atoms with Gasteiger partial charge in [0.25, 0.3) is 0 Å². The van der Waals surface area contributed by atoms with E-state index >= 15 is 0 Å². The minimum Gasteiger partial charge on any atom is -0.377 e. The average molecular weight is 860 g/mol. The summed E-state index contributed by atoms with van der Waals surface area (Å²) < 4.78 is 16.6. The normalized spacial score (nSPS) is 27.4. The quantitative estimate of drug-likeness (QED) is 0.249. The van der Waals surface area contributed by atoms with Crippen LogP contribution in [0.2, 0.25) is 6.04 Å². The van der Waals surface area contributed by atoms with Crippen molar-refractivity contribution in [2.24, 2.45) is 5.41 Å². The molecule has 6 atom stereocenters. The molecule has 6 saturated heterocycles. The monoisotopic (exact) mass is 859 g/mol. The Labute approximate surface area is 356 Å². The van der Waals surface area contributed by atoms with E-state index in [2.05, 4.69) is 0 Å². The number of carbonyl (C=O) groups is 7. The van der Waals surface area contributed by atoms with Crippen LogP contribution in [0.15, 0.2) is 0 Å². The molecule has 18 heteroatoms. The Morgan fingerprint density at radius 3 is 1.10 bits per heavy atom. The SMILES string of the molecule is CO[Si](CCCN(C)C(=O)[C@@H]1CCCN1C(=O)[C@@H]1CCCN1C(=O)[C@@H]1CCCN1C(=O)[C@@H]1CCCN1C(=O)[C@@H]1CCCN1C(=O)[C@@H]1CCCN1C(=O)C(C)(C)C)(OC)OC.